The monoisotopic (exact) mass is 336 g/mol. The largest absolute Gasteiger partial charge is 0.489 e. The van der Waals surface area contributed by atoms with Gasteiger partial charge in [0.05, 0.1) is 19.4 Å². The molecule has 0 aliphatic rings. The highest BCUT2D eigenvalue weighted by molar-refractivity contribution is 5.80. The SMILES string of the molecule is O=C(CNc1cccc(OCc2ccccc2)c1)NCc1ccco1. The molecule has 0 aliphatic heterocycles. The maximum atomic E-state index is 11.9. The van der Waals surface area contributed by atoms with E-state index in [0.29, 0.717) is 13.2 Å². The summed E-state index contributed by atoms with van der Waals surface area (Å²) in [5.41, 5.74) is 1.94. The van der Waals surface area contributed by atoms with Gasteiger partial charge in [-0.1, -0.05) is 36.4 Å². The second-order valence-electron chi connectivity index (χ2n) is 5.51. The van der Waals surface area contributed by atoms with Crippen molar-refractivity contribution >= 4 is 11.6 Å². The molecule has 3 aromatic rings. The molecule has 3 rings (SSSR count). The third-order valence-electron chi connectivity index (χ3n) is 3.58. The van der Waals surface area contributed by atoms with Gasteiger partial charge in [-0.25, -0.2) is 0 Å². The third kappa shape index (κ3) is 5.42. The van der Waals surface area contributed by atoms with Crippen LogP contribution < -0.4 is 15.4 Å². The van der Waals surface area contributed by atoms with Gasteiger partial charge in [-0.2, -0.15) is 0 Å². The van der Waals surface area contributed by atoms with Crippen molar-refractivity contribution in [2.45, 2.75) is 13.2 Å². The van der Waals surface area contributed by atoms with Crippen LogP contribution in [0.15, 0.2) is 77.4 Å². The van der Waals surface area contributed by atoms with Crippen LogP contribution in [0.1, 0.15) is 11.3 Å². The normalized spacial score (nSPS) is 10.2. The van der Waals surface area contributed by atoms with E-state index in [2.05, 4.69) is 10.6 Å². The quantitative estimate of drug-likeness (QED) is 0.660. The smallest absolute Gasteiger partial charge is 0.239 e. The second-order valence-corrected chi connectivity index (χ2v) is 5.51. The van der Waals surface area contributed by atoms with Crippen LogP contribution in [0.2, 0.25) is 0 Å². The number of amides is 1. The zero-order valence-corrected chi connectivity index (χ0v) is 13.8. The Morgan fingerprint density at radius 3 is 2.68 bits per heavy atom. The lowest BCUT2D eigenvalue weighted by Crippen LogP contribution is -2.29. The molecule has 0 spiro atoms. The highest BCUT2D eigenvalue weighted by atomic mass is 16.5. The molecule has 0 saturated carbocycles. The molecule has 2 N–H and O–H groups in total. The number of nitrogens with one attached hydrogen (secondary N) is 2. The van der Waals surface area contributed by atoms with E-state index < -0.39 is 0 Å². The lowest BCUT2D eigenvalue weighted by Gasteiger charge is -2.10. The van der Waals surface area contributed by atoms with E-state index in [1.807, 2.05) is 60.7 Å². The van der Waals surface area contributed by atoms with Crippen LogP contribution in [0, 0.1) is 0 Å². The minimum Gasteiger partial charge on any atom is -0.489 e. The minimum absolute atomic E-state index is 0.105. The predicted octanol–water partition coefficient (Wildman–Crippen LogP) is 3.59. The maximum absolute atomic E-state index is 11.9. The molecule has 0 unspecified atom stereocenters. The fourth-order valence-corrected chi connectivity index (χ4v) is 2.28. The average Bonchev–Trinajstić information content (AvgIpc) is 3.18. The Kier molecular flexibility index (Phi) is 5.72. The Morgan fingerprint density at radius 1 is 1.00 bits per heavy atom. The van der Waals surface area contributed by atoms with Crippen molar-refractivity contribution in [1.82, 2.24) is 5.32 Å². The summed E-state index contributed by atoms with van der Waals surface area (Å²) in [5, 5.41) is 5.88. The van der Waals surface area contributed by atoms with Crippen LogP contribution in [0.25, 0.3) is 0 Å². The zero-order chi connectivity index (χ0) is 17.3. The molecule has 128 valence electrons. The summed E-state index contributed by atoms with van der Waals surface area (Å²) in [4.78, 5) is 11.9. The number of hydrogen-bond acceptors (Lipinski definition) is 4. The topological polar surface area (TPSA) is 63.5 Å². The fraction of sp³-hybridized carbons (Fsp3) is 0.150. The van der Waals surface area contributed by atoms with Gasteiger partial charge < -0.3 is 19.8 Å². The Balaban J connectivity index is 1.45. The molecule has 0 radical (unpaired) electrons. The van der Waals surface area contributed by atoms with Crippen LogP contribution in [-0.4, -0.2) is 12.5 Å². The van der Waals surface area contributed by atoms with Crippen LogP contribution in [0.5, 0.6) is 5.75 Å². The second kappa shape index (κ2) is 8.59. The molecular weight excluding hydrogens is 316 g/mol. The first-order chi connectivity index (χ1) is 12.3. The van der Waals surface area contributed by atoms with Crippen molar-refractivity contribution in [3.8, 4) is 5.75 Å². The van der Waals surface area contributed by atoms with Crippen molar-refractivity contribution < 1.29 is 13.9 Å². The van der Waals surface area contributed by atoms with Crippen LogP contribution in [-0.2, 0) is 17.9 Å². The summed E-state index contributed by atoms with van der Waals surface area (Å²) < 4.78 is 11.0. The van der Waals surface area contributed by atoms with Gasteiger partial charge >= 0.3 is 0 Å². The number of rotatable bonds is 8. The van der Waals surface area contributed by atoms with Crippen LogP contribution >= 0.6 is 0 Å². The number of carbonyl (C=O) groups excluding carboxylic acids is 1. The van der Waals surface area contributed by atoms with E-state index in [1.165, 1.54) is 0 Å². The van der Waals surface area contributed by atoms with Gasteiger partial charge in [-0.05, 0) is 29.8 Å². The highest BCUT2D eigenvalue weighted by Gasteiger charge is 2.03. The number of benzene rings is 2. The number of anilines is 1. The summed E-state index contributed by atoms with van der Waals surface area (Å²) in [7, 11) is 0. The lowest BCUT2D eigenvalue weighted by molar-refractivity contribution is -0.119. The fourth-order valence-electron chi connectivity index (χ4n) is 2.28. The van der Waals surface area contributed by atoms with Crippen molar-refractivity contribution in [3.63, 3.8) is 0 Å². The van der Waals surface area contributed by atoms with Gasteiger partial charge in [0.2, 0.25) is 5.91 Å². The van der Waals surface area contributed by atoms with Gasteiger partial charge in [0.1, 0.15) is 18.1 Å². The summed E-state index contributed by atoms with van der Waals surface area (Å²) in [6.07, 6.45) is 1.58. The minimum atomic E-state index is -0.105. The molecule has 0 atom stereocenters. The molecule has 0 fully saturated rings. The maximum Gasteiger partial charge on any atom is 0.239 e. The zero-order valence-electron chi connectivity index (χ0n) is 13.8. The van der Waals surface area contributed by atoms with E-state index in [-0.39, 0.29) is 12.5 Å². The molecule has 1 aromatic heterocycles. The first kappa shape index (κ1) is 16.6. The molecule has 2 aromatic carbocycles. The molecule has 0 bridgehead atoms. The van der Waals surface area contributed by atoms with E-state index in [9.17, 15) is 4.79 Å². The van der Waals surface area contributed by atoms with E-state index in [1.54, 1.807) is 12.3 Å². The van der Waals surface area contributed by atoms with Crippen molar-refractivity contribution in [1.29, 1.82) is 0 Å². The van der Waals surface area contributed by atoms with Gasteiger partial charge in [-0.15, -0.1) is 0 Å². The molecule has 0 aliphatic carbocycles. The first-order valence-corrected chi connectivity index (χ1v) is 8.09. The Labute approximate surface area is 146 Å². The molecular formula is C20H20N2O3. The Morgan fingerprint density at radius 2 is 1.88 bits per heavy atom. The molecule has 5 nitrogen and oxygen atoms in total. The molecule has 0 saturated heterocycles. The van der Waals surface area contributed by atoms with Crippen molar-refractivity contribution in [3.05, 3.63) is 84.3 Å². The van der Waals surface area contributed by atoms with Crippen molar-refractivity contribution in [2.24, 2.45) is 0 Å². The van der Waals surface area contributed by atoms with E-state index in [4.69, 9.17) is 9.15 Å². The predicted molar refractivity (Wildman–Crippen MR) is 96.3 cm³/mol. The summed E-state index contributed by atoms with van der Waals surface area (Å²) in [6, 6.07) is 21.2. The molecule has 1 amide bonds. The Hall–Kier alpha value is -3.21. The van der Waals surface area contributed by atoms with Gasteiger partial charge in [0.25, 0.3) is 0 Å². The summed E-state index contributed by atoms with van der Waals surface area (Å²) >= 11 is 0. The molecule has 25 heavy (non-hydrogen) atoms. The number of carbonyl (C=O) groups is 1. The lowest BCUT2D eigenvalue weighted by atomic mass is 10.2. The van der Waals surface area contributed by atoms with Gasteiger partial charge in [0, 0.05) is 11.8 Å². The van der Waals surface area contributed by atoms with E-state index >= 15 is 0 Å². The summed E-state index contributed by atoms with van der Waals surface area (Å²) in [5.74, 6) is 1.38. The highest BCUT2D eigenvalue weighted by Crippen LogP contribution is 2.18. The molecule has 5 heteroatoms. The number of furan rings is 1. The van der Waals surface area contributed by atoms with E-state index in [0.717, 1.165) is 22.8 Å². The van der Waals surface area contributed by atoms with Gasteiger partial charge in [-0.3, -0.25) is 4.79 Å². The number of hydrogen-bond donors (Lipinski definition) is 2. The van der Waals surface area contributed by atoms with Gasteiger partial charge in [0.15, 0.2) is 0 Å². The first-order valence-electron chi connectivity index (χ1n) is 8.09. The summed E-state index contributed by atoms with van der Waals surface area (Å²) in [6.45, 7) is 1.07. The standard InChI is InChI=1S/C20H20N2O3/c23-20(22-13-19-10-5-11-24-19)14-21-17-8-4-9-18(12-17)25-15-16-6-2-1-3-7-16/h1-12,21H,13-15H2,(H,22,23). The van der Waals surface area contributed by atoms with Crippen molar-refractivity contribution in [2.75, 3.05) is 11.9 Å². The Bertz CT molecular complexity index is 786. The third-order valence-corrected chi connectivity index (χ3v) is 3.58. The van der Waals surface area contributed by atoms with Crippen LogP contribution in [0.4, 0.5) is 5.69 Å². The molecule has 1 heterocycles. The number of ether oxygens (including phenoxy) is 1. The average molecular weight is 336 g/mol. The van der Waals surface area contributed by atoms with Crippen LogP contribution in [0.3, 0.4) is 0 Å².